The Morgan fingerprint density at radius 1 is 0.266 bits per heavy atom. The number of esters is 3. The van der Waals surface area contributed by atoms with Crippen LogP contribution in [-0.4, -0.2) is 37.2 Å². The average Bonchev–Trinajstić information content (AvgIpc) is 3.45. The first-order valence-corrected chi connectivity index (χ1v) is 33.7. The van der Waals surface area contributed by atoms with Gasteiger partial charge >= 0.3 is 17.9 Å². The number of ether oxygens (including phenoxy) is 3. The van der Waals surface area contributed by atoms with Crippen molar-refractivity contribution in [2.75, 3.05) is 13.2 Å². The van der Waals surface area contributed by atoms with Crippen molar-refractivity contribution in [3.63, 3.8) is 0 Å². The highest BCUT2D eigenvalue weighted by atomic mass is 16.6. The van der Waals surface area contributed by atoms with E-state index in [0.717, 1.165) is 109 Å². The lowest BCUT2D eigenvalue weighted by Crippen LogP contribution is -2.30. The van der Waals surface area contributed by atoms with Crippen LogP contribution in [-0.2, 0) is 28.6 Å². The number of rotatable bonds is 61. The lowest BCUT2D eigenvalue weighted by Gasteiger charge is -2.18. The third-order valence-corrected chi connectivity index (χ3v) is 14.6. The molecule has 0 fully saturated rings. The molecule has 454 valence electrons. The third-order valence-electron chi connectivity index (χ3n) is 14.6. The largest absolute Gasteiger partial charge is 0.462 e. The fourth-order valence-corrected chi connectivity index (χ4v) is 9.54. The van der Waals surface area contributed by atoms with E-state index in [2.05, 4.69) is 118 Å². The molecular weight excluding hydrogens is 973 g/mol. The van der Waals surface area contributed by atoms with Crippen LogP contribution in [0, 0.1) is 0 Å². The van der Waals surface area contributed by atoms with E-state index < -0.39 is 6.10 Å². The van der Waals surface area contributed by atoms with Crippen LogP contribution in [0.4, 0.5) is 0 Å². The number of hydrogen-bond acceptors (Lipinski definition) is 6. The topological polar surface area (TPSA) is 78.9 Å². The summed E-state index contributed by atoms with van der Waals surface area (Å²) in [5.74, 6) is -0.876. The van der Waals surface area contributed by atoms with E-state index in [1.54, 1.807) is 0 Å². The van der Waals surface area contributed by atoms with Gasteiger partial charge in [-0.15, -0.1) is 0 Å². The smallest absolute Gasteiger partial charge is 0.306 e. The van der Waals surface area contributed by atoms with Gasteiger partial charge in [0.1, 0.15) is 13.2 Å². The Morgan fingerprint density at radius 2 is 0.494 bits per heavy atom. The van der Waals surface area contributed by atoms with Crippen molar-refractivity contribution in [3.05, 3.63) is 97.2 Å². The number of carbonyl (C=O) groups is 3. The Kier molecular flexibility index (Phi) is 63.7. The van der Waals surface area contributed by atoms with Crippen molar-refractivity contribution in [1.29, 1.82) is 0 Å². The quantitative estimate of drug-likeness (QED) is 0.0261. The maximum Gasteiger partial charge on any atom is 0.306 e. The van der Waals surface area contributed by atoms with Gasteiger partial charge in [-0.05, 0) is 103 Å². The Morgan fingerprint density at radius 3 is 0.785 bits per heavy atom. The first-order valence-electron chi connectivity index (χ1n) is 33.7. The minimum Gasteiger partial charge on any atom is -0.462 e. The minimum absolute atomic E-state index is 0.0767. The van der Waals surface area contributed by atoms with Crippen molar-refractivity contribution < 1.29 is 28.6 Å². The Balaban J connectivity index is 4.19. The third kappa shape index (κ3) is 65.0. The lowest BCUT2D eigenvalue weighted by molar-refractivity contribution is -0.167. The molecule has 6 heteroatoms. The summed E-state index contributed by atoms with van der Waals surface area (Å²) in [6.07, 6.45) is 90.0. The van der Waals surface area contributed by atoms with Crippen molar-refractivity contribution in [3.8, 4) is 0 Å². The molecule has 0 spiro atoms. The average molecular weight is 1100 g/mol. The van der Waals surface area contributed by atoms with Gasteiger partial charge in [0.05, 0.1) is 0 Å². The number of carbonyl (C=O) groups excluding carboxylic acids is 3. The van der Waals surface area contributed by atoms with Gasteiger partial charge in [0, 0.05) is 19.3 Å². The fourth-order valence-electron chi connectivity index (χ4n) is 9.54. The highest BCUT2D eigenvalue weighted by molar-refractivity contribution is 5.71. The van der Waals surface area contributed by atoms with Crippen LogP contribution < -0.4 is 0 Å². The second-order valence-electron chi connectivity index (χ2n) is 22.4. The van der Waals surface area contributed by atoms with Crippen molar-refractivity contribution >= 4 is 17.9 Å². The molecule has 0 aromatic rings. The molecule has 0 aliphatic rings. The van der Waals surface area contributed by atoms with Gasteiger partial charge < -0.3 is 14.2 Å². The van der Waals surface area contributed by atoms with Crippen LogP contribution in [0.5, 0.6) is 0 Å². The van der Waals surface area contributed by atoms with Gasteiger partial charge in [0.2, 0.25) is 0 Å². The molecule has 0 saturated heterocycles. The van der Waals surface area contributed by atoms with E-state index >= 15 is 0 Å². The van der Waals surface area contributed by atoms with E-state index in [-0.39, 0.29) is 31.1 Å². The molecule has 0 heterocycles. The summed E-state index contributed by atoms with van der Waals surface area (Å²) in [6, 6.07) is 0. The summed E-state index contributed by atoms with van der Waals surface area (Å²) < 4.78 is 16.9. The summed E-state index contributed by atoms with van der Waals surface area (Å²) in [5, 5.41) is 0. The molecule has 0 aromatic heterocycles. The van der Waals surface area contributed by atoms with Gasteiger partial charge in [-0.3, -0.25) is 14.4 Å². The van der Waals surface area contributed by atoms with E-state index in [0.29, 0.717) is 19.3 Å². The van der Waals surface area contributed by atoms with E-state index in [9.17, 15) is 14.4 Å². The van der Waals surface area contributed by atoms with Gasteiger partial charge in [0.15, 0.2) is 6.10 Å². The van der Waals surface area contributed by atoms with Crippen LogP contribution in [0.1, 0.15) is 329 Å². The zero-order chi connectivity index (χ0) is 57.1. The van der Waals surface area contributed by atoms with Gasteiger partial charge in [-0.2, -0.15) is 0 Å². The summed E-state index contributed by atoms with van der Waals surface area (Å²) in [5.41, 5.74) is 0. The summed E-state index contributed by atoms with van der Waals surface area (Å²) in [7, 11) is 0. The molecule has 79 heavy (non-hydrogen) atoms. The van der Waals surface area contributed by atoms with Gasteiger partial charge in [0.25, 0.3) is 0 Å². The minimum atomic E-state index is -0.779. The molecule has 0 aliphatic carbocycles. The van der Waals surface area contributed by atoms with E-state index in [1.807, 2.05) is 0 Å². The SMILES string of the molecule is CC/C=C\C/C=C\C/C=C\C/C=C\C/C=C\C/C=C\C/C=C\CCCCCCCCCCCC(=O)OCC(COC(=O)CCCCCCCCCCC)OC(=O)CCCCCCCCCCC/C=C\CCCCCCCCCC. The van der Waals surface area contributed by atoms with Crippen LogP contribution >= 0.6 is 0 Å². The Hall–Kier alpha value is -3.67. The maximum absolute atomic E-state index is 12.9. The van der Waals surface area contributed by atoms with Crippen LogP contribution in [0.2, 0.25) is 0 Å². The monoisotopic (exact) mass is 1100 g/mol. The predicted molar refractivity (Wildman–Crippen MR) is 344 cm³/mol. The lowest BCUT2D eigenvalue weighted by atomic mass is 10.1. The molecular formula is C73H126O6. The summed E-state index contributed by atoms with van der Waals surface area (Å²) in [4.78, 5) is 38.2. The normalized spacial score (nSPS) is 12.7. The van der Waals surface area contributed by atoms with Gasteiger partial charge in [-0.25, -0.2) is 0 Å². The Bertz CT molecular complexity index is 1540. The summed E-state index contributed by atoms with van der Waals surface area (Å²) >= 11 is 0. The molecule has 0 bridgehead atoms. The second-order valence-corrected chi connectivity index (χ2v) is 22.4. The molecule has 0 saturated carbocycles. The summed E-state index contributed by atoms with van der Waals surface area (Å²) in [6.45, 7) is 6.53. The molecule has 0 aliphatic heterocycles. The standard InChI is InChI=1S/C73H126O6/c1-4-7-10-13-16-19-21-23-25-27-29-31-32-33-34-35-36-37-38-39-40-42-43-45-47-49-51-54-57-60-63-66-72(75)78-69-70(68-77-71(74)65-62-59-56-53-18-15-12-9-6-3)79-73(76)67-64-61-58-55-52-50-48-46-44-41-30-28-26-24-22-20-17-14-11-8-5-2/h7,10,16,19,23,25,28-31,33-34,36-37,39-40,70H,4-6,8-9,11-15,17-18,20-22,24,26-27,32,35,38,41-69H2,1-3H3/b10-7-,19-16-,25-23-,30-28-,31-29-,34-33-,37-36-,40-39-. The predicted octanol–water partition coefficient (Wildman–Crippen LogP) is 23.2. The highest BCUT2D eigenvalue weighted by Gasteiger charge is 2.19. The van der Waals surface area contributed by atoms with Crippen molar-refractivity contribution in [1.82, 2.24) is 0 Å². The first kappa shape index (κ1) is 75.3. The molecule has 6 nitrogen and oxygen atoms in total. The molecule has 1 unspecified atom stereocenters. The van der Waals surface area contributed by atoms with E-state index in [1.165, 1.54) is 180 Å². The molecule has 1 atom stereocenters. The molecule has 0 amide bonds. The molecule has 0 aromatic carbocycles. The molecule has 0 rings (SSSR count). The number of hydrogen-bond donors (Lipinski definition) is 0. The van der Waals surface area contributed by atoms with Gasteiger partial charge in [-0.1, -0.05) is 304 Å². The number of allylic oxidation sites excluding steroid dienone is 16. The van der Waals surface area contributed by atoms with Crippen LogP contribution in [0.15, 0.2) is 97.2 Å². The van der Waals surface area contributed by atoms with Crippen molar-refractivity contribution in [2.45, 2.75) is 335 Å². The van der Waals surface area contributed by atoms with E-state index in [4.69, 9.17) is 14.2 Å². The van der Waals surface area contributed by atoms with Crippen molar-refractivity contribution in [2.24, 2.45) is 0 Å². The number of unbranched alkanes of at least 4 members (excludes halogenated alkanes) is 34. The van der Waals surface area contributed by atoms with Crippen LogP contribution in [0.3, 0.4) is 0 Å². The molecule has 0 radical (unpaired) electrons. The second kappa shape index (κ2) is 66.8. The maximum atomic E-state index is 12.9. The highest BCUT2D eigenvalue weighted by Crippen LogP contribution is 2.16. The first-order chi connectivity index (χ1) is 39.0. The zero-order valence-corrected chi connectivity index (χ0v) is 52.1. The Labute approximate surface area is 489 Å². The van der Waals surface area contributed by atoms with Crippen LogP contribution in [0.25, 0.3) is 0 Å². The zero-order valence-electron chi connectivity index (χ0n) is 52.1. The molecule has 0 N–H and O–H groups in total. The fraction of sp³-hybridized carbons (Fsp3) is 0.740.